The highest BCUT2D eigenvalue weighted by molar-refractivity contribution is 9.10. The zero-order valence-electron chi connectivity index (χ0n) is 17.7. The van der Waals surface area contributed by atoms with Crippen molar-refractivity contribution in [3.63, 3.8) is 0 Å². The largest absolute Gasteiger partial charge is 0.481 e. The van der Waals surface area contributed by atoms with Crippen molar-refractivity contribution in [2.24, 2.45) is 0 Å². The lowest BCUT2D eigenvalue weighted by Crippen LogP contribution is -2.31. The van der Waals surface area contributed by atoms with E-state index < -0.39 is 12.1 Å². The van der Waals surface area contributed by atoms with E-state index in [2.05, 4.69) is 15.9 Å². The highest BCUT2D eigenvalue weighted by Gasteiger charge is 2.39. The average molecular weight is 531 g/mol. The van der Waals surface area contributed by atoms with Gasteiger partial charge in [-0.25, -0.2) is 4.79 Å². The van der Waals surface area contributed by atoms with Crippen LogP contribution in [0.15, 0.2) is 71.2 Å². The van der Waals surface area contributed by atoms with E-state index in [1.807, 2.05) is 49.4 Å². The van der Waals surface area contributed by atoms with E-state index in [-0.39, 0.29) is 25.1 Å². The van der Waals surface area contributed by atoms with Crippen LogP contribution in [0, 0.1) is 0 Å². The number of halogens is 2. The Labute approximate surface area is 204 Å². The van der Waals surface area contributed by atoms with E-state index in [1.54, 1.807) is 29.2 Å². The predicted molar refractivity (Wildman–Crippen MR) is 128 cm³/mol. The van der Waals surface area contributed by atoms with Gasteiger partial charge in [-0.2, -0.15) is 0 Å². The van der Waals surface area contributed by atoms with Crippen molar-refractivity contribution in [3.05, 3.63) is 92.9 Å². The molecule has 1 aliphatic heterocycles. The van der Waals surface area contributed by atoms with Crippen LogP contribution < -0.4 is 4.74 Å². The summed E-state index contributed by atoms with van der Waals surface area (Å²) in [6, 6.07) is 19.8. The number of amides is 1. The maximum absolute atomic E-state index is 12.7. The number of hydrogen-bond donors (Lipinski definition) is 1. The molecule has 3 aromatic carbocycles. The van der Waals surface area contributed by atoms with Crippen LogP contribution in [0.5, 0.6) is 11.5 Å². The minimum Gasteiger partial charge on any atom is -0.481 e. The number of carboxylic acid groups (broad SMARTS) is 1. The highest BCUT2D eigenvalue weighted by Crippen LogP contribution is 2.37. The van der Waals surface area contributed by atoms with Gasteiger partial charge in [0.05, 0.1) is 24.0 Å². The van der Waals surface area contributed by atoms with Gasteiger partial charge in [-0.15, -0.1) is 0 Å². The molecule has 8 heteroatoms. The van der Waals surface area contributed by atoms with E-state index in [0.717, 1.165) is 15.6 Å². The SMILES string of the molecule is CC1C(c2ccccc2)OC(=O)N1Cc1cc(Br)ccc1Oc1cc(CC(=O)O)ccc1Cl. The van der Waals surface area contributed by atoms with Crippen LogP contribution in [-0.2, 0) is 22.5 Å². The minimum absolute atomic E-state index is 0.140. The summed E-state index contributed by atoms with van der Waals surface area (Å²) >= 11 is 9.79. The van der Waals surface area contributed by atoms with E-state index in [9.17, 15) is 9.59 Å². The first-order valence-corrected chi connectivity index (χ1v) is 11.5. The van der Waals surface area contributed by atoms with Crippen molar-refractivity contribution in [3.8, 4) is 11.5 Å². The molecule has 1 aliphatic rings. The standard InChI is InChI=1S/C25H21BrClNO5/c1-15-24(17-5-3-2-4-6-17)33-25(31)28(15)14-18-13-19(26)8-10-21(18)32-22-11-16(12-23(29)30)7-9-20(22)27/h2-11,13,15,24H,12,14H2,1H3,(H,29,30). The van der Waals surface area contributed by atoms with Gasteiger partial charge in [0.25, 0.3) is 0 Å². The first-order valence-electron chi connectivity index (χ1n) is 10.3. The number of aliphatic carboxylic acids is 1. The molecule has 0 aliphatic carbocycles. The highest BCUT2D eigenvalue weighted by atomic mass is 79.9. The maximum Gasteiger partial charge on any atom is 0.411 e. The lowest BCUT2D eigenvalue weighted by Gasteiger charge is -2.22. The van der Waals surface area contributed by atoms with Crippen LogP contribution in [0.1, 0.15) is 29.7 Å². The number of rotatable bonds is 7. The molecular weight excluding hydrogens is 510 g/mol. The fraction of sp³-hybridized carbons (Fsp3) is 0.200. The molecule has 1 N–H and O–H groups in total. The quantitative estimate of drug-likeness (QED) is 0.372. The molecule has 0 aromatic heterocycles. The number of carbonyl (C=O) groups is 2. The zero-order chi connectivity index (χ0) is 23.5. The molecule has 2 unspecified atom stereocenters. The molecule has 0 bridgehead atoms. The van der Waals surface area contributed by atoms with Gasteiger partial charge in [0.15, 0.2) is 0 Å². The molecule has 33 heavy (non-hydrogen) atoms. The second kappa shape index (κ2) is 9.85. The Kier molecular flexibility index (Phi) is 6.91. The number of hydrogen-bond acceptors (Lipinski definition) is 4. The van der Waals surface area contributed by atoms with Crippen molar-refractivity contribution in [1.82, 2.24) is 4.90 Å². The zero-order valence-corrected chi connectivity index (χ0v) is 20.0. The first-order chi connectivity index (χ1) is 15.8. The van der Waals surface area contributed by atoms with Crippen molar-refractivity contribution in [2.45, 2.75) is 32.0 Å². The maximum atomic E-state index is 12.7. The topological polar surface area (TPSA) is 76.1 Å². The Morgan fingerprint density at radius 1 is 1.12 bits per heavy atom. The third-order valence-corrected chi connectivity index (χ3v) is 6.26. The fourth-order valence-electron chi connectivity index (χ4n) is 3.79. The molecule has 2 atom stereocenters. The van der Waals surface area contributed by atoms with Gasteiger partial charge >= 0.3 is 12.1 Å². The van der Waals surface area contributed by atoms with E-state index in [4.69, 9.17) is 26.2 Å². The van der Waals surface area contributed by atoms with Crippen LogP contribution in [0.4, 0.5) is 4.79 Å². The lowest BCUT2D eigenvalue weighted by atomic mass is 10.0. The first kappa shape index (κ1) is 23.1. The van der Waals surface area contributed by atoms with Crippen LogP contribution in [0.3, 0.4) is 0 Å². The number of benzene rings is 3. The van der Waals surface area contributed by atoms with Crippen LogP contribution in [0.25, 0.3) is 0 Å². The molecule has 1 heterocycles. The molecule has 1 saturated heterocycles. The Morgan fingerprint density at radius 2 is 1.88 bits per heavy atom. The molecule has 1 amide bonds. The predicted octanol–water partition coefficient (Wildman–Crippen LogP) is 6.60. The van der Waals surface area contributed by atoms with Gasteiger partial charge in [0, 0.05) is 10.0 Å². The summed E-state index contributed by atoms with van der Waals surface area (Å²) in [5.74, 6) is -0.0870. The van der Waals surface area contributed by atoms with Gasteiger partial charge in [-0.3, -0.25) is 9.69 Å². The van der Waals surface area contributed by atoms with Gasteiger partial charge in [-0.1, -0.05) is 63.9 Å². The van der Waals surface area contributed by atoms with Gasteiger partial charge in [0.2, 0.25) is 0 Å². The molecule has 0 spiro atoms. The molecule has 170 valence electrons. The summed E-state index contributed by atoms with van der Waals surface area (Å²) < 4.78 is 12.6. The van der Waals surface area contributed by atoms with E-state index >= 15 is 0 Å². The Bertz CT molecular complexity index is 1190. The second-order valence-electron chi connectivity index (χ2n) is 7.77. The van der Waals surface area contributed by atoms with Crippen molar-refractivity contribution in [1.29, 1.82) is 0 Å². The van der Waals surface area contributed by atoms with Gasteiger partial charge in [0.1, 0.15) is 17.6 Å². The fourth-order valence-corrected chi connectivity index (χ4v) is 4.35. The number of cyclic esters (lactones) is 1. The van der Waals surface area contributed by atoms with Crippen molar-refractivity contribution >= 4 is 39.6 Å². The third-order valence-electron chi connectivity index (χ3n) is 5.45. The molecular formula is C25H21BrClNO5. The third kappa shape index (κ3) is 5.31. The van der Waals surface area contributed by atoms with Gasteiger partial charge < -0.3 is 14.6 Å². The number of carboxylic acids is 1. The van der Waals surface area contributed by atoms with Gasteiger partial charge in [-0.05, 0) is 48.4 Å². The lowest BCUT2D eigenvalue weighted by molar-refractivity contribution is -0.136. The average Bonchev–Trinajstić information content (AvgIpc) is 3.06. The van der Waals surface area contributed by atoms with Crippen LogP contribution in [0.2, 0.25) is 5.02 Å². The molecule has 3 aromatic rings. The molecule has 0 saturated carbocycles. The molecule has 1 fully saturated rings. The Morgan fingerprint density at radius 3 is 2.61 bits per heavy atom. The molecule has 6 nitrogen and oxygen atoms in total. The molecule has 4 rings (SSSR count). The normalized spacial score (nSPS) is 17.7. The number of ether oxygens (including phenoxy) is 2. The Hall–Kier alpha value is -3.03. The molecule has 0 radical (unpaired) electrons. The van der Waals surface area contributed by atoms with Crippen LogP contribution >= 0.6 is 27.5 Å². The minimum atomic E-state index is -0.942. The van der Waals surface area contributed by atoms with Crippen molar-refractivity contribution < 1.29 is 24.2 Å². The second-order valence-corrected chi connectivity index (χ2v) is 9.10. The number of carbonyl (C=O) groups excluding carboxylic acids is 1. The number of nitrogens with zero attached hydrogens (tertiary/aromatic N) is 1. The van der Waals surface area contributed by atoms with E-state index in [1.165, 1.54) is 0 Å². The summed E-state index contributed by atoms with van der Waals surface area (Å²) in [6.07, 6.45) is -0.903. The summed E-state index contributed by atoms with van der Waals surface area (Å²) in [7, 11) is 0. The Balaban J connectivity index is 1.59. The van der Waals surface area contributed by atoms with Crippen molar-refractivity contribution in [2.75, 3.05) is 0 Å². The summed E-state index contributed by atoms with van der Waals surface area (Å²) in [6.45, 7) is 2.22. The van der Waals surface area contributed by atoms with Crippen LogP contribution in [-0.4, -0.2) is 28.1 Å². The summed E-state index contributed by atoms with van der Waals surface area (Å²) in [5, 5.41) is 9.43. The smallest absolute Gasteiger partial charge is 0.411 e. The van der Waals surface area contributed by atoms with E-state index in [0.29, 0.717) is 22.1 Å². The monoisotopic (exact) mass is 529 g/mol. The summed E-state index contributed by atoms with van der Waals surface area (Å²) in [4.78, 5) is 25.4. The summed E-state index contributed by atoms with van der Waals surface area (Å²) in [5.41, 5.74) is 2.26.